The third kappa shape index (κ3) is 3.13. The quantitative estimate of drug-likeness (QED) is 0.879. The van der Waals surface area contributed by atoms with Gasteiger partial charge in [0.15, 0.2) is 0 Å². The zero-order valence-corrected chi connectivity index (χ0v) is 10.8. The second-order valence-electron chi connectivity index (χ2n) is 4.31. The predicted octanol–water partition coefficient (Wildman–Crippen LogP) is 2.72. The summed E-state index contributed by atoms with van der Waals surface area (Å²) in [4.78, 5) is 0. The number of rotatable bonds is 3. The zero-order chi connectivity index (χ0) is 10.7. The molecule has 0 spiro atoms. The molecular weight excluding hydrogens is 222 g/mol. The van der Waals surface area contributed by atoms with Crippen molar-refractivity contribution in [3.63, 3.8) is 0 Å². The van der Waals surface area contributed by atoms with Gasteiger partial charge in [0, 0.05) is 6.04 Å². The van der Waals surface area contributed by atoms with Crippen LogP contribution in [0.3, 0.4) is 0 Å². The number of halogens is 1. The van der Waals surface area contributed by atoms with Gasteiger partial charge in [-0.2, -0.15) is 0 Å². The lowest BCUT2D eigenvalue weighted by molar-refractivity contribution is 0.406. The lowest BCUT2D eigenvalue weighted by Crippen LogP contribution is -2.23. The van der Waals surface area contributed by atoms with Gasteiger partial charge < -0.3 is 10.1 Å². The van der Waals surface area contributed by atoms with Gasteiger partial charge >= 0.3 is 0 Å². The fraction of sp³-hybridized carbons (Fsp3) is 0.538. The molecule has 3 heteroatoms. The number of ether oxygens (including phenoxy) is 1. The van der Waals surface area contributed by atoms with E-state index in [1.165, 1.54) is 30.5 Å². The third-order valence-corrected chi connectivity index (χ3v) is 3.06. The molecule has 0 radical (unpaired) electrons. The average Bonchev–Trinajstić information content (AvgIpc) is 2.71. The van der Waals surface area contributed by atoms with Crippen LogP contribution in [0.4, 0.5) is 0 Å². The molecule has 16 heavy (non-hydrogen) atoms. The summed E-state index contributed by atoms with van der Waals surface area (Å²) in [6.45, 7) is 3.30. The van der Waals surface area contributed by atoms with Gasteiger partial charge in [0.05, 0.1) is 7.11 Å². The van der Waals surface area contributed by atoms with Crippen LogP contribution in [0.25, 0.3) is 0 Å². The van der Waals surface area contributed by atoms with E-state index in [4.69, 9.17) is 4.74 Å². The first-order valence-corrected chi connectivity index (χ1v) is 5.66. The Balaban J connectivity index is 0.00000128. The van der Waals surface area contributed by atoms with Crippen molar-refractivity contribution in [1.82, 2.24) is 5.32 Å². The number of methoxy groups -OCH3 is 1. The van der Waals surface area contributed by atoms with E-state index in [0.717, 1.165) is 12.2 Å². The van der Waals surface area contributed by atoms with Gasteiger partial charge in [-0.15, -0.1) is 12.4 Å². The molecule has 1 aliphatic heterocycles. The molecule has 0 bridgehead atoms. The third-order valence-electron chi connectivity index (χ3n) is 3.06. The predicted molar refractivity (Wildman–Crippen MR) is 69.7 cm³/mol. The second-order valence-corrected chi connectivity index (χ2v) is 4.31. The largest absolute Gasteiger partial charge is 0.496 e. The van der Waals surface area contributed by atoms with Crippen molar-refractivity contribution in [3.8, 4) is 5.75 Å². The summed E-state index contributed by atoms with van der Waals surface area (Å²) >= 11 is 0. The Morgan fingerprint density at radius 3 is 2.88 bits per heavy atom. The molecule has 2 rings (SSSR count). The van der Waals surface area contributed by atoms with E-state index in [-0.39, 0.29) is 12.4 Å². The maximum atomic E-state index is 5.38. The van der Waals surface area contributed by atoms with E-state index in [9.17, 15) is 0 Å². The Kier molecular flexibility index (Phi) is 5.10. The van der Waals surface area contributed by atoms with Crippen LogP contribution in [0.15, 0.2) is 18.2 Å². The molecule has 0 aliphatic carbocycles. The Bertz CT molecular complexity index is 335. The highest BCUT2D eigenvalue weighted by atomic mass is 35.5. The van der Waals surface area contributed by atoms with Gasteiger partial charge in [0.2, 0.25) is 0 Å². The van der Waals surface area contributed by atoms with Crippen molar-refractivity contribution < 1.29 is 4.74 Å². The van der Waals surface area contributed by atoms with Crippen molar-refractivity contribution >= 4 is 12.4 Å². The number of benzene rings is 1. The first-order chi connectivity index (χ1) is 7.29. The van der Waals surface area contributed by atoms with Crippen LogP contribution in [-0.2, 0) is 6.42 Å². The van der Waals surface area contributed by atoms with E-state index >= 15 is 0 Å². The summed E-state index contributed by atoms with van der Waals surface area (Å²) in [6, 6.07) is 7.05. The molecule has 1 saturated heterocycles. The summed E-state index contributed by atoms with van der Waals surface area (Å²) in [5, 5.41) is 3.52. The van der Waals surface area contributed by atoms with Gasteiger partial charge in [-0.3, -0.25) is 0 Å². The highest BCUT2D eigenvalue weighted by Gasteiger charge is 2.16. The smallest absolute Gasteiger partial charge is 0.122 e. The first-order valence-electron chi connectivity index (χ1n) is 5.66. The van der Waals surface area contributed by atoms with Crippen molar-refractivity contribution in [2.45, 2.75) is 32.2 Å². The SMILES string of the molecule is COc1ccc(C)cc1CC1CCCN1.Cl. The minimum Gasteiger partial charge on any atom is -0.496 e. The number of nitrogens with one attached hydrogen (secondary N) is 1. The standard InChI is InChI=1S/C13H19NO.ClH/c1-10-5-6-13(15-2)11(8-10)9-12-4-3-7-14-12;/h5-6,8,12,14H,3-4,7,9H2,1-2H3;1H. The van der Waals surface area contributed by atoms with Crippen LogP contribution < -0.4 is 10.1 Å². The molecule has 1 atom stereocenters. The Hall–Kier alpha value is -0.730. The summed E-state index contributed by atoms with van der Waals surface area (Å²) < 4.78 is 5.38. The number of aryl methyl sites for hydroxylation is 1. The minimum absolute atomic E-state index is 0. The average molecular weight is 242 g/mol. The molecule has 1 aliphatic rings. The van der Waals surface area contributed by atoms with E-state index < -0.39 is 0 Å². The maximum Gasteiger partial charge on any atom is 0.122 e. The lowest BCUT2D eigenvalue weighted by atomic mass is 10.0. The van der Waals surface area contributed by atoms with Crippen LogP contribution in [-0.4, -0.2) is 19.7 Å². The Morgan fingerprint density at radius 2 is 2.25 bits per heavy atom. The molecule has 2 nitrogen and oxygen atoms in total. The molecule has 90 valence electrons. The van der Waals surface area contributed by atoms with Crippen LogP contribution in [0.1, 0.15) is 24.0 Å². The Labute approximate surface area is 104 Å². The van der Waals surface area contributed by atoms with Crippen LogP contribution in [0, 0.1) is 6.92 Å². The number of hydrogen-bond donors (Lipinski definition) is 1. The molecule has 0 aromatic heterocycles. The molecule has 1 heterocycles. The normalized spacial score (nSPS) is 19.2. The second kappa shape index (κ2) is 6.12. The lowest BCUT2D eigenvalue weighted by Gasteiger charge is -2.14. The summed E-state index contributed by atoms with van der Waals surface area (Å²) in [7, 11) is 1.75. The van der Waals surface area contributed by atoms with Gasteiger partial charge in [0.1, 0.15) is 5.75 Å². The van der Waals surface area contributed by atoms with Crippen molar-refractivity contribution in [3.05, 3.63) is 29.3 Å². The number of hydrogen-bond acceptors (Lipinski definition) is 2. The van der Waals surface area contributed by atoms with E-state index in [2.05, 4.69) is 30.4 Å². The van der Waals surface area contributed by atoms with Crippen molar-refractivity contribution in [1.29, 1.82) is 0 Å². The Morgan fingerprint density at radius 1 is 1.44 bits per heavy atom. The van der Waals surface area contributed by atoms with E-state index in [1.54, 1.807) is 7.11 Å². The highest BCUT2D eigenvalue weighted by molar-refractivity contribution is 5.85. The van der Waals surface area contributed by atoms with E-state index in [0.29, 0.717) is 6.04 Å². The topological polar surface area (TPSA) is 21.3 Å². The van der Waals surface area contributed by atoms with Crippen LogP contribution in [0.2, 0.25) is 0 Å². The fourth-order valence-corrected chi connectivity index (χ4v) is 2.26. The molecule has 1 aromatic rings. The summed E-state index contributed by atoms with van der Waals surface area (Å²) in [5.74, 6) is 1.02. The molecule has 0 saturated carbocycles. The van der Waals surface area contributed by atoms with Crippen LogP contribution in [0.5, 0.6) is 5.75 Å². The highest BCUT2D eigenvalue weighted by Crippen LogP contribution is 2.23. The van der Waals surface area contributed by atoms with Gasteiger partial charge in [0.25, 0.3) is 0 Å². The summed E-state index contributed by atoms with van der Waals surface area (Å²) in [5.41, 5.74) is 2.64. The minimum atomic E-state index is 0. The summed E-state index contributed by atoms with van der Waals surface area (Å²) in [6.07, 6.45) is 3.68. The molecule has 1 unspecified atom stereocenters. The fourth-order valence-electron chi connectivity index (χ4n) is 2.26. The monoisotopic (exact) mass is 241 g/mol. The molecule has 1 aromatic carbocycles. The molecular formula is C13H20ClNO. The van der Waals surface area contributed by atoms with Crippen LogP contribution >= 0.6 is 12.4 Å². The van der Waals surface area contributed by atoms with Crippen molar-refractivity contribution in [2.24, 2.45) is 0 Å². The van der Waals surface area contributed by atoms with Gasteiger partial charge in [-0.1, -0.05) is 17.7 Å². The first kappa shape index (κ1) is 13.3. The molecule has 0 amide bonds. The van der Waals surface area contributed by atoms with Crippen molar-refractivity contribution in [2.75, 3.05) is 13.7 Å². The van der Waals surface area contributed by atoms with Gasteiger partial charge in [-0.05, 0) is 44.4 Å². The molecule has 1 N–H and O–H groups in total. The van der Waals surface area contributed by atoms with Gasteiger partial charge in [-0.25, -0.2) is 0 Å². The van der Waals surface area contributed by atoms with E-state index in [1.807, 2.05) is 0 Å². The zero-order valence-electron chi connectivity index (χ0n) is 9.95. The maximum absolute atomic E-state index is 5.38. The molecule has 1 fully saturated rings.